The van der Waals surface area contributed by atoms with Gasteiger partial charge < -0.3 is 14.7 Å². The van der Waals surface area contributed by atoms with Crippen molar-refractivity contribution in [3.63, 3.8) is 0 Å². The van der Waals surface area contributed by atoms with E-state index >= 15 is 0 Å². The lowest BCUT2D eigenvalue weighted by molar-refractivity contribution is -0.130. The molecule has 0 saturated heterocycles. The van der Waals surface area contributed by atoms with Gasteiger partial charge in [-0.05, 0) is 12.0 Å². The van der Waals surface area contributed by atoms with Crippen LogP contribution in [0.3, 0.4) is 0 Å². The topological polar surface area (TPSA) is 66.8 Å². The van der Waals surface area contributed by atoms with Crippen molar-refractivity contribution >= 4 is 12.1 Å². The number of likely N-dealkylation sites (N-methyl/N-ethyl adjacent to an activating group) is 1. The van der Waals surface area contributed by atoms with Gasteiger partial charge in [-0.15, -0.1) is 0 Å². The van der Waals surface area contributed by atoms with Gasteiger partial charge in [-0.1, -0.05) is 13.8 Å². The molecule has 0 radical (unpaired) electrons. The number of hydrogen-bond acceptors (Lipinski definition) is 3. The van der Waals surface area contributed by atoms with Crippen LogP contribution in [0.15, 0.2) is 11.6 Å². The molecule has 1 aliphatic rings. The third-order valence-corrected chi connectivity index (χ3v) is 2.11. The molecule has 1 heterocycles. The molecule has 0 aromatic rings. The van der Waals surface area contributed by atoms with E-state index in [4.69, 9.17) is 5.11 Å². The molecule has 1 amide bonds. The fourth-order valence-electron chi connectivity index (χ4n) is 1.31. The molecule has 0 spiro atoms. The van der Waals surface area contributed by atoms with Crippen molar-refractivity contribution in [2.24, 2.45) is 5.92 Å². The maximum atomic E-state index is 11.5. The second kappa shape index (κ2) is 3.69. The summed E-state index contributed by atoms with van der Waals surface area (Å²) in [6.07, 6.45) is -0.616. The van der Waals surface area contributed by atoms with E-state index in [1.54, 1.807) is 6.08 Å². The average molecular weight is 199 g/mol. The van der Waals surface area contributed by atoms with Crippen molar-refractivity contribution in [2.45, 2.75) is 20.1 Å². The maximum Gasteiger partial charge on any atom is 0.507 e. The van der Waals surface area contributed by atoms with Gasteiger partial charge in [0.15, 0.2) is 0 Å². The molecule has 0 fully saturated rings. The first-order valence-electron chi connectivity index (χ1n) is 4.32. The van der Waals surface area contributed by atoms with Crippen LogP contribution in [0, 0.1) is 5.92 Å². The van der Waals surface area contributed by atoms with Crippen LogP contribution in [-0.2, 0) is 9.53 Å². The molecular formula is C9H13NO4. The summed E-state index contributed by atoms with van der Waals surface area (Å²) in [6, 6.07) is 0. The van der Waals surface area contributed by atoms with Crippen LogP contribution in [0.4, 0.5) is 4.79 Å². The van der Waals surface area contributed by atoms with Crippen molar-refractivity contribution < 1.29 is 19.4 Å². The molecule has 5 heteroatoms. The highest BCUT2D eigenvalue weighted by atomic mass is 16.7. The molecule has 78 valence electrons. The Kier molecular flexibility index (Phi) is 2.78. The number of rotatable bonds is 2. The van der Waals surface area contributed by atoms with Gasteiger partial charge in [0.25, 0.3) is 5.91 Å². The first kappa shape index (κ1) is 10.6. The summed E-state index contributed by atoms with van der Waals surface area (Å²) in [5.41, 5.74) is 0.596. The van der Waals surface area contributed by atoms with E-state index in [0.717, 1.165) is 0 Å². The first-order valence-corrected chi connectivity index (χ1v) is 4.32. The molecule has 0 aliphatic carbocycles. The predicted molar refractivity (Wildman–Crippen MR) is 48.6 cm³/mol. The molecule has 0 saturated carbocycles. The molecule has 1 N–H and O–H groups in total. The van der Waals surface area contributed by atoms with Gasteiger partial charge in [0.2, 0.25) is 6.23 Å². The number of carbonyl (C=O) groups excluding carboxylic acids is 1. The number of carboxylic acid groups (broad SMARTS) is 1. The highest BCUT2D eigenvalue weighted by molar-refractivity contribution is 5.96. The van der Waals surface area contributed by atoms with Crippen molar-refractivity contribution in [1.29, 1.82) is 0 Å². The van der Waals surface area contributed by atoms with Crippen LogP contribution < -0.4 is 0 Å². The van der Waals surface area contributed by atoms with Crippen LogP contribution >= 0.6 is 0 Å². The van der Waals surface area contributed by atoms with Crippen molar-refractivity contribution in [2.75, 3.05) is 7.05 Å². The maximum absolute atomic E-state index is 11.5. The normalized spacial score (nSPS) is 21.4. The lowest BCUT2D eigenvalue weighted by Gasteiger charge is -2.17. The Labute approximate surface area is 82.0 Å². The van der Waals surface area contributed by atoms with Crippen LogP contribution in [0.2, 0.25) is 0 Å². The molecule has 0 bridgehead atoms. The number of hydrogen-bond donors (Lipinski definition) is 1. The zero-order valence-electron chi connectivity index (χ0n) is 8.35. The van der Waals surface area contributed by atoms with Gasteiger partial charge in [-0.25, -0.2) is 4.79 Å². The zero-order chi connectivity index (χ0) is 10.9. The van der Waals surface area contributed by atoms with Crippen molar-refractivity contribution in [3.05, 3.63) is 11.6 Å². The van der Waals surface area contributed by atoms with E-state index in [1.165, 1.54) is 11.9 Å². The standard InChI is InChI=1S/C9H13NO4/c1-5(2)6-4-7(14-9(12)13)10(3)8(6)11/h4-5,7H,1-3H3,(H,12,13). The SMILES string of the molecule is CC(C)C1=CC(OC(=O)O)N(C)C1=O. The van der Waals surface area contributed by atoms with E-state index in [9.17, 15) is 9.59 Å². The molecule has 5 nitrogen and oxygen atoms in total. The third kappa shape index (κ3) is 1.86. The van der Waals surface area contributed by atoms with Gasteiger partial charge >= 0.3 is 6.16 Å². The van der Waals surface area contributed by atoms with Crippen LogP contribution in [0.1, 0.15) is 13.8 Å². The predicted octanol–water partition coefficient (Wildman–Crippen LogP) is 1.06. The number of ether oxygens (including phenoxy) is 1. The second-order valence-corrected chi connectivity index (χ2v) is 3.47. The molecule has 1 rings (SSSR count). The average Bonchev–Trinajstić information content (AvgIpc) is 2.32. The Hall–Kier alpha value is -1.52. The summed E-state index contributed by atoms with van der Waals surface area (Å²) < 4.78 is 4.52. The first-order chi connectivity index (χ1) is 6.43. The number of amides is 1. The zero-order valence-corrected chi connectivity index (χ0v) is 8.35. The molecule has 1 aliphatic heterocycles. The smallest absolute Gasteiger partial charge is 0.450 e. The van der Waals surface area contributed by atoms with Gasteiger partial charge in [0, 0.05) is 12.6 Å². The summed E-state index contributed by atoms with van der Waals surface area (Å²) >= 11 is 0. The minimum absolute atomic E-state index is 0.0762. The molecule has 1 unspecified atom stereocenters. The second-order valence-electron chi connectivity index (χ2n) is 3.47. The molecule has 1 atom stereocenters. The van der Waals surface area contributed by atoms with Crippen LogP contribution in [-0.4, -0.2) is 35.3 Å². The fraction of sp³-hybridized carbons (Fsp3) is 0.556. The van der Waals surface area contributed by atoms with Gasteiger partial charge in [0.1, 0.15) is 0 Å². The lowest BCUT2D eigenvalue weighted by atomic mass is 10.0. The van der Waals surface area contributed by atoms with Gasteiger partial charge in [-0.3, -0.25) is 4.79 Å². The lowest BCUT2D eigenvalue weighted by Crippen LogP contribution is -2.34. The van der Waals surface area contributed by atoms with Crippen LogP contribution in [0.5, 0.6) is 0 Å². The van der Waals surface area contributed by atoms with E-state index in [-0.39, 0.29) is 11.8 Å². The minimum atomic E-state index is -1.38. The Morgan fingerprint density at radius 1 is 1.64 bits per heavy atom. The fourth-order valence-corrected chi connectivity index (χ4v) is 1.31. The van der Waals surface area contributed by atoms with Gasteiger partial charge in [-0.2, -0.15) is 0 Å². The quantitative estimate of drug-likeness (QED) is 0.675. The highest BCUT2D eigenvalue weighted by Gasteiger charge is 2.32. The Morgan fingerprint density at radius 3 is 2.57 bits per heavy atom. The van der Waals surface area contributed by atoms with Crippen molar-refractivity contribution in [1.82, 2.24) is 4.90 Å². The summed E-state index contributed by atoms with van der Waals surface area (Å²) in [6.45, 7) is 3.75. The van der Waals surface area contributed by atoms with E-state index in [1.807, 2.05) is 13.8 Å². The molecule has 0 aromatic heterocycles. The highest BCUT2D eigenvalue weighted by Crippen LogP contribution is 2.23. The molecule has 14 heavy (non-hydrogen) atoms. The van der Waals surface area contributed by atoms with E-state index < -0.39 is 12.4 Å². The minimum Gasteiger partial charge on any atom is -0.450 e. The Balaban J connectivity index is 2.81. The summed E-state index contributed by atoms with van der Waals surface area (Å²) in [5, 5.41) is 8.41. The van der Waals surface area contributed by atoms with Gasteiger partial charge in [0.05, 0.1) is 0 Å². The van der Waals surface area contributed by atoms with Crippen LogP contribution in [0.25, 0.3) is 0 Å². The number of carbonyl (C=O) groups is 2. The molecular weight excluding hydrogens is 186 g/mol. The Morgan fingerprint density at radius 2 is 2.21 bits per heavy atom. The summed E-state index contributed by atoms with van der Waals surface area (Å²) in [5.74, 6) is -0.0985. The van der Waals surface area contributed by atoms with Crippen molar-refractivity contribution in [3.8, 4) is 0 Å². The monoisotopic (exact) mass is 199 g/mol. The van der Waals surface area contributed by atoms with E-state index in [0.29, 0.717) is 5.57 Å². The number of nitrogens with zero attached hydrogens (tertiary/aromatic N) is 1. The summed E-state index contributed by atoms with van der Waals surface area (Å²) in [4.78, 5) is 23.1. The Bertz CT molecular complexity index is 295. The van der Waals surface area contributed by atoms with E-state index in [2.05, 4.69) is 4.74 Å². The molecule has 0 aromatic carbocycles. The summed E-state index contributed by atoms with van der Waals surface area (Å²) in [7, 11) is 1.52. The largest absolute Gasteiger partial charge is 0.507 e. The third-order valence-electron chi connectivity index (χ3n) is 2.11.